The number of ether oxygens (including phenoxy) is 2. The average molecular weight is 365 g/mol. The van der Waals surface area contributed by atoms with Crippen LogP contribution in [0.15, 0.2) is 65.4 Å². The van der Waals surface area contributed by atoms with E-state index in [0.717, 1.165) is 29.8 Å². The van der Waals surface area contributed by atoms with Crippen molar-refractivity contribution >= 4 is 11.3 Å². The van der Waals surface area contributed by atoms with Gasteiger partial charge in [0.25, 0.3) is 0 Å². The van der Waals surface area contributed by atoms with E-state index < -0.39 is 0 Å². The molecule has 1 aliphatic carbocycles. The van der Waals surface area contributed by atoms with Crippen molar-refractivity contribution in [1.29, 1.82) is 0 Å². The molecule has 0 aliphatic heterocycles. The Balaban J connectivity index is 1.32. The number of hydrogen-bond acceptors (Lipinski definition) is 3. The van der Waals surface area contributed by atoms with Crippen LogP contribution in [-0.2, 0) is 0 Å². The molecule has 1 aliphatic rings. The van der Waals surface area contributed by atoms with Crippen LogP contribution in [0.5, 0.6) is 17.2 Å². The highest BCUT2D eigenvalue weighted by Gasteiger charge is 2.13. The zero-order valence-corrected chi connectivity index (χ0v) is 15.7. The molecule has 3 heteroatoms. The molecule has 0 amide bonds. The van der Waals surface area contributed by atoms with E-state index in [1.807, 2.05) is 36.4 Å². The van der Waals surface area contributed by atoms with Crippen molar-refractivity contribution in [1.82, 2.24) is 0 Å². The molecule has 2 aromatic carbocycles. The van der Waals surface area contributed by atoms with E-state index in [1.54, 1.807) is 11.3 Å². The molecule has 1 saturated carbocycles. The van der Waals surface area contributed by atoms with Crippen molar-refractivity contribution < 1.29 is 9.47 Å². The molecule has 0 bridgehead atoms. The SMILES string of the molecule is c1cc(-c2ccc(Oc3ccc(OCC4CCCCC4)cc3)cc2)cs1. The Bertz CT molecular complexity index is 785. The second kappa shape index (κ2) is 8.41. The summed E-state index contributed by atoms with van der Waals surface area (Å²) in [5.41, 5.74) is 2.46. The summed E-state index contributed by atoms with van der Waals surface area (Å²) < 4.78 is 11.9. The predicted octanol–water partition coefficient (Wildman–Crippen LogP) is 7.17. The first-order valence-corrected chi connectivity index (χ1v) is 10.3. The highest BCUT2D eigenvalue weighted by molar-refractivity contribution is 7.08. The maximum atomic E-state index is 5.95. The molecule has 4 rings (SSSR count). The highest BCUT2D eigenvalue weighted by atomic mass is 32.1. The summed E-state index contributed by atoms with van der Waals surface area (Å²) in [6.45, 7) is 0.838. The van der Waals surface area contributed by atoms with Crippen molar-refractivity contribution in [3.05, 3.63) is 65.4 Å². The molecule has 1 aromatic heterocycles. The van der Waals surface area contributed by atoms with Gasteiger partial charge in [0.15, 0.2) is 0 Å². The lowest BCUT2D eigenvalue weighted by atomic mass is 9.90. The Morgan fingerprint density at radius 1 is 0.731 bits per heavy atom. The van der Waals surface area contributed by atoms with Gasteiger partial charge in [0.1, 0.15) is 17.2 Å². The van der Waals surface area contributed by atoms with E-state index in [-0.39, 0.29) is 0 Å². The summed E-state index contributed by atoms with van der Waals surface area (Å²) in [5, 5.41) is 4.25. The highest BCUT2D eigenvalue weighted by Crippen LogP contribution is 2.29. The first-order valence-electron chi connectivity index (χ1n) is 9.40. The molecule has 26 heavy (non-hydrogen) atoms. The molecule has 0 atom stereocenters. The van der Waals surface area contributed by atoms with Gasteiger partial charge in [0.2, 0.25) is 0 Å². The van der Waals surface area contributed by atoms with Gasteiger partial charge in [-0.05, 0) is 83.1 Å². The van der Waals surface area contributed by atoms with Crippen LogP contribution < -0.4 is 9.47 Å². The molecular weight excluding hydrogens is 340 g/mol. The molecular formula is C23H24O2S. The topological polar surface area (TPSA) is 18.5 Å². The van der Waals surface area contributed by atoms with E-state index in [4.69, 9.17) is 9.47 Å². The van der Waals surface area contributed by atoms with E-state index >= 15 is 0 Å². The lowest BCUT2D eigenvalue weighted by Crippen LogP contribution is -2.15. The average Bonchev–Trinajstić information content (AvgIpc) is 3.24. The molecule has 3 aromatic rings. The van der Waals surface area contributed by atoms with Crippen molar-refractivity contribution in [2.24, 2.45) is 5.92 Å². The molecule has 0 radical (unpaired) electrons. The van der Waals surface area contributed by atoms with E-state index in [2.05, 4.69) is 29.0 Å². The summed E-state index contributed by atoms with van der Waals surface area (Å²) in [5.74, 6) is 3.33. The fourth-order valence-corrected chi connectivity index (χ4v) is 4.12. The van der Waals surface area contributed by atoms with Crippen LogP contribution in [-0.4, -0.2) is 6.61 Å². The van der Waals surface area contributed by atoms with Gasteiger partial charge in [0.05, 0.1) is 6.61 Å². The molecule has 0 N–H and O–H groups in total. The molecule has 0 unspecified atom stereocenters. The second-order valence-electron chi connectivity index (χ2n) is 6.92. The molecule has 2 nitrogen and oxygen atoms in total. The lowest BCUT2D eigenvalue weighted by Gasteiger charge is -2.21. The summed E-state index contributed by atoms with van der Waals surface area (Å²) >= 11 is 1.71. The fourth-order valence-electron chi connectivity index (χ4n) is 3.45. The first kappa shape index (κ1) is 17.2. The summed E-state index contributed by atoms with van der Waals surface area (Å²) in [4.78, 5) is 0. The van der Waals surface area contributed by atoms with Gasteiger partial charge in [-0.1, -0.05) is 31.4 Å². The maximum absolute atomic E-state index is 5.95. The van der Waals surface area contributed by atoms with Gasteiger partial charge in [-0.3, -0.25) is 0 Å². The number of benzene rings is 2. The zero-order valence-electron chi connectivity index (χ0n) is 14.9. The van der Waals surface area contributed by atoms with E-state index in [9.17, 15) is 0 Å². The number of thiophene rings is 1. The van der Waals surface area contributed by atoms with Crippen LogP contribution in [0, 0.1) is 5.92 Å². The molecule has 1 fully saturated rings. The molecule has 1 heterocycles. The fraction of sp³-hybridized carbons (Fsp3) is 0.304. The Hall–Kier alpha value is -2.26. The third-order valence-corrected chi connectivity index (χ3v) is 5.66. The van der Waals surface area contributed by atoms with Crippen LogP contribution in [0.4, 0.5) is 0 Å². The third kappa shape index (κ3) is 4.47. The van der Waals surface area contributed by atoms with Gasteiger partial charge >= 0.3 is 0 Å². The minimum atomic E-state index is 0.724. The Morgan fingerprint density at radius 2 is 1.38 bits per heavy atom. The number of hydrogen-bond donors (Lipinski definition) is 0. The van der Waals surface area contributed by atoms with Crippen LogP contribution in [0.1, 0.15) is 32.1 Å². The van der Waals surface area contributed by atoms with E-state index in [0.29, 0.717) is 0 Å². The van der Waals surface area contributed by atoms with E-state index in [1.165, 1.54) is 43.2 Å². The molecule has 0 spiro atoms. The van der Waals surface area contributed by atoms with Crippen molar-refractivity contribution in [3.63, 3.8) is 0 Å². The van der Waals surface area contributed by atoms with Gasteiger partial charge in [0, 0.05) is 0 Å². The minimum Gasteiger partial charge on any atom is -0.493 e. The monoisotopic (exact) mass is 364 g/mol. The number of rotatable bonds is 6. The Labute approximate surface area is 159 Å². The molecule has 0 saturated heterocycles. The largest absolute Gasteiger partial charge is 0.493 e. The summed E-state index contributed by atoms with van der Waals surface area (Å²) in [6.07, 6.45) is 6.71. The van der Waals surface area contributed by atoms with Gasteiger partial charge in [-0.25, -0.2) is 0 Å². The van der Waals surface area contributed by atoms with Crippen LogP contribution in [0.2, 0.25) is 0 Å². The van der Waals surface area contributed by atoms with Crippen molar-refractivity contribution in [2.45, 2.75) is 32.1 Å². The van der Waals surface area contributed by atoms with Crippen LogP contribution in [0.25, 0.3) is 11.1 Å². The predicted molar refractivity (Wildman–Crippen MR) is 108 cm³/mol. The second-order valence-corrected chi connectivity index (χ2v) is 7.70. The first-order chi connectivity index (χ1) is 12.9. The quantitative estimate of drug-likeness (QED) is 0.462. The van der Waals surface area contributed by atoms with Crippen molar-refractivity contribution in [2.75, 3.05) is 6.61 Å². The van der Waals surface area contributed by atoms with Gasteiger partial charge in [-0.2, -0.15) is 11.3 Å². The smallest absolute Gasteiger partial charge is 0.127 e. The summed E-state index contributed by atoms with van der Waals surface area (Å²) in [6, 6.07) is 18.3. The van der Waals surface area contributed by atoms with Crippen molar-refractivity contribution in [3.8, 4) is 28.4 Å². The van der Waals surface area contributed by atoms with Crippen LogP contribution >= 0.6 is 11.3 Å². The van der Waals surface area contributed by atoms with Gasteiger partial charge < -0.3 is 9.47 Å². The zero-order chi connectivity index (χ0) is 17.6. The van der Waals surface area contributed by atoms with Gasteiger partial charge in [-0.15, -0.1) is 0 Å². The minimum absolute atomic E-state index is 0.724. The van der Waals surface area contributed by atoms with Crippen LogP contribution in [0.3, 0.4) is 0 Å². The Morgan fingerprint density at radius 3 is 2.04 bits per heavy atom. The third-order valence-electron chi connectivity index (χ3n) is 4.98. The maximum Gasteiger partial charge on any atom is 0.127 e. The Kier molecular flexibility index (Phi) is 5.56. The molecule has 134 valence electrons. The lowest BCUT2D eigenvalue weighted by molar-refractivity contribution is 0.208. The standard InChI is InChI=1S/C23H24O2S/c1-2-4-18(5-3-1)16-24-21-10-12-23(13-11-21)25-22-8-6-19(7-9-22)20-14-15-26-17-20/h6-15,17-18H,1-5,16H2. The normalized spacial score (nSPS) is 14.9. The summed E-state index contributed by atoms with van der Waals surface area (Å²) in [7, 11) is 0.